The van der Waals surface area contributed by atoms with E-state index in [0.29, 0.717) is 5.56 Å². The normalized spacial score (nSPS) is 24.0. The molecule has 5 nitrogen and oxygen atoms in total. The maximum Gasteiger partial charge on any atom is 0.332 e. The second-order valence-electron chi connectivity index (χ2n) is 4.66. The number of benzene rings is 2. The highest BCUT2D eigenvalue weighted by Gasteiger charge is 2.58. The lowest BCUT2D eigenvalue weighted by Crippen LogP contribution is -2.52. The summed E-state index contributed by atoms with van der Waals surface area (Å²) in [5.41, 5.74) is 0.544. The van der Waals surface area contributed by atoms with E-state index < -0.39 is 21.8 Å². The Morgan fingerprint density at radius 1 is 1.10 bits per heavy atom. The fourth-order valence-electron chi connectivity index (χ4n) is 2.40. The molecule has 0 aromatic heterocycles. The van der Waals surface area contributed by atoms with Crippen LogP contribution in [0, 0.1) is 10.1 Å². The van der Waals surface area contributed by atoms with Gasteiger partial charge in [0.05, 0.1) is 5.56 Å². The average molecular weight is 304 g/mol. The molecule has 6 heteroatoms. The summed E-state index contributed by atoms with van der Waals surface area (Å²) in [6.07, 6.45) is 0. The number of alkyl halides is 1. The summed E-state index contributed by atoms with van der Waals surface area (Å²) in [5.74, 6) is -0.403. The third-order valence-electron chi connectivity index (χ3n) is 3.39. The SMILES string of the molecule is O=C1c2ccccc2OC(Cl)(c2ccccc2)C1[N+](=O)[O-]. The summed E-state index contributed by atoms with van der Waals surface area (Å²) >= 11 is 6.40. The van der Waals surface area contributed by atoms with Crippen molar-refractivity contribution in [3.8, 4) is 5.75 Å². The molecular weight excluding hydrogens is 294 g/mol. The number of ether oxygens (including phenoxy) is 1. The lowest BCUT2D eigenvalue weighted by Gasteiger charge is -2.34. The Hall–Kier alpha value is -2.40. The van der Waals surface area contributed by atoms with E-state index in [4.69, 9.17) is 16.3 Å². The summed E-state index contributed by atoms with van der Waals surface area (Å²) in [6.45, 7) is 0. The lowest BCUT2D eigenvalue weighted by atomic mass is 9.91. The Bertz CT molecular complexity index is 719. The van der Waals surface area contributed by atoms with Gasteiger partial charge in [0.15, 0.2) is 0 Å². The Morgan fingerprint density at radius 3 is 2.38 bits per heavy atom. The van der Waals surface area contributed by atoms with Crippen LogP contribution in [0.4, 0.5) is 0 Å². The molecule has 0 N–H and O–H groups in total. The number of hydrogen-bond acceptors (Lipinski definition) is 4. The van der Waals surface area contributed by atoms with Crippen LogP contribution >= 0.6 is 11.6 Å². The second kappa shape index (κ2) is 4.86. The number of nitrogens with zero attached hydrogens (tertiary/aromatic N) is 1. The number of carbonyl (C=O) groups is 1. The first-order valence-electron chi connectivity index (χ1n) is 6.24. The summed E-state index contributed by atoms with van der Waals surface area (Å²) in [5, 5.41) is 9.53. The minimum Gasteiger partial charge on any atom is -0.459 e. The summed E-state index contributed by atoms with van der Waals surface area (Å²) < 4.78 is 5.65. The van der Waals surface area contributed by atoms with Crippen LogP contribution in [0.15, 0.2) is 54.6 Å². The number of halogens is 1. The first kappa shape index (κ1) is 13.6. The number of fused-ring (bicyclic) bond motifs is 1. The number of ketones is 1. The van der Waals surface area contributed by atoms with Gasteiger partial charge in [-0.25, -0.2) is 0 Å². The lowest BCUT2D eigenvalue weighted by molar-refractivity contribution is -0.521. The van der Waals surface area contributed by atoms with Crippen LogP contribution in [-0.4, -0.2) is 16.7 Å². The van der Waals surface area contributed by atoms with Gasteiger partial charge in [-0.15, -0.1) is 0 Å². The zero-order valence-corrected chi connectivity index (χ0v) is 11.5. The van der Waals surface area contributed by atoms with Gasteiger partial charge in [0.25, 0.3) is 5.06 Å². The number of hydrogen-bond donors (Lipinski definition) is 0. The highest BCUT2D eigenvalue weighted by molar-refractivity contribution is 6.27. The molecule has 3 rings (SSSR count). The molecule has 0 amide bonds. The molecule has 106 valence electrons. The standard InChI is InChI=1S/C15H10ClNO4/c16-15(10-6-2-1-3-7-10)14(17(19)20)13(18)11-8-4-5-9-12(11)21-15/h1-9,14H. The van der Waals surface area contributed by atoms with Crippen molar-refractivity contribution in [3.05, 3.63) is 75.8 Å². The van der Waals surface area contributed by atoms with Gasteiger partial charge < -0.3 is 4.74 Å². The van der Waals surface area contributed by atoms with E-state index >= 15 is 0 Å². The van der Waals surface area contributed by atoms with E-state index in [9.17, 15) is 14.9 Å². The smallest absolute Gasteiger partial charge is 0.332 e. The first-order chi connectivity index (χ1) is 10.0. The van der Waals surface area contributed by atoms with Gasteiger partial charge in [-0.1, -0.05) is 54.1 Å². The van der Waals surface area contributed by atoms with E-state index in [0.717, 1.165) is 0 Å². The van der Waals surface area contributed by atoms with Gasteiger partial charge >= 0.3 is 6.04 Å². The summed E-state index contributed by atoms with van der Waals surface area (Å²) in [4.78, 5) is 23.1. The van der Waals surface area contributed by atoms with E-state index in [1.165, 1.54) is 6.07 Å². The molecule has 0 fully saturated rings. The molecular formula is C15H10ClNO4. The van der Waals surface area contributed by atoms with Gasteiger partial charge in [0, 0.05) is 10.5 Å². The van der Waals surface area contributed by atoms with Gasteiger partial charge in [0.1, 0.15) is 5.75 Å². The highest BCUT2D eigenvalue weighted by atomic mass is 35.5. The predicted molar refractivity (Wildman–Crippen MR) is 76.2 cm³/mol. The second-order valence-corrected chi connectivity index (χ2v) is 5.22. The quantitative estimate of drug-likeness (QED) is 0.486. The molecule has 2 aromatic carbocycles. The fourth-order valence-corrected chi connectivity index (χ4v) is 2.79. The van der Waals surface area contributed by atoms with Crippen molar-refractivity contribution < 1.29 is 14.5 Å². The Kier molecular flexibility index (Phi) is 3.14. The van der Waals surface area contributed by atoms with E-state index in [1.807, 2.05) is 0 Å². The Labute approximate surface area is 125 Å². The van der Waals surface area contributed by atoms with Crippen molar-refractivity contribution in [3.63, 3.8) is 0 Å². The molecule has 0 saturated carbocycles. The monoisotopic (exact) mass is 303 g/mol. The third kappa shape index (κ3) is 2.06. The van der Waals surface area contributed by atoms with Crippen molar-refractivity contribution in [1.82, 2.24) is 0 Å². The molecule has 1 aliphatic heterocycles. The molecule has 0 aliphatic carbocycles. The van der Waals surface area contributed by atoms with Crippen molar-refractivity contribution in [2.24, 2.45) is 0 Å². The van der Waals surface area contributed by atoms with Crippen LogP contribution in [0.3, 0.4) is 0 Å². The highest BCUT2D eigenvalue weighted by Crippen LogP contribution is 2.43. The zero-order chi connectivity index (χ0) is 15.0. The molecule has 1 aliphatic rings. The van der Waals surface area contributed by atoms with Crippen LogP contribution in [0.25, 0.3) is 0 Å². The minimum atomic E-state index is -1.85. The molecule has 0 radical (unpaired) electrons. The molecule has 2 atom stereocenters. The van der Waals surface area contributed by atoms with Gasteiger partial charge in [-0.05, 0) is 12.1 Å². The Morgan fingerprint density at radius 2 is 1.71 bits per heavy atom. The van der Waals surface area contributed by atoms with Gasteiger partial charge in [-0.3, -0.25) is 14.9 Å². The van der Waals surface area contributed by atoms with Crippen LogP contribution < -0.4 is 4.74 Å². The minimum absolute atomic E-state index is 0.173. The third-order valence-corrected chi connectivity index (χ3v) is 3.89. The molecule has 0 bridgehead atoms. The van der Waals surface area contributed by atoms with Crippen molar-refractivity contribution >= 4 is 17.4 Å². The van der Waals surface area contributed by atoms with Crippen molar-refractivity contribution in [2.75, 3.05) is 0 Å². The predicted octanol–water partition coefficient (Wildman–Crippen LogP) is 3.00. The first-order valence-corrected chi connectivity index (χ1v) is 6.62. The zero-order valence-electron chi connectivity index (χ0n) is 10.7. The van der Waals surface area contributed by atoms with Crippen LogP contribution in [0.2, 0.25) is 0 Å². The largest absolute Gasteiger partial charge is 0.459 e. The Balaban J connectivity index is 2.20. The summed E-state index contributed by atoms with van der Waals surface area (Å²) in [6, 6.07) is 13.0. The van der Waals surface area contributed by atoms with E-state index in [-0.39, 0.29) is 11.3 Å². The summed E-state index contributed by atoms with van der Waals surface area (Å²) in [7, 11) is 0. The molecule has 2 aromatic rings. The average Bonchev–Trinajstić information content (AvgIpc) is 2.48. The van der Waals surface area contributed by atoms with E-state index in [2.05, 4.69) is 0 Å². The molecule has 21 heavy (non-hydrogen) atoms. The number of Topliss-reactive ketones (excluding diaryl/α,β-unsaturated/α-hetero) is 1. The maximum atomic E-state index is 12.4. The van der Waals surface area contributed by atoms with Crippen LogP contribution in [-0.2, 0) is 5.06 Å². The van der Waals surface area contributed by atoms with Crippen molar-refractivity contribution in [1.29, 1.82) is 0 Å². The van der Waals surface area contributed by atoms with Gasteiger partial charge in [-0.2, -0.15) is 0 Å². The van der Waals surface area contributed by atoms with Crippen molar-refractivity contribution in [2.45, 2.75) is 11.1 Å². The fraction of sp³-hybridized carbons (Fsp3) is 0.133. The number of rotatable bonds is 2. The number of nitro groups is 1. The molecule has 0 saturated heterocycles. The molecule has 2 unspecified atom stereocenters. The molecule has 0 spiro atoms. The number of carbonyl (C=O) groups excluding carboxylic acids is 1. The van der Waals surface area contributed by atoms with Crippen LogP contribution in [0.5, 0.6) is 5.75 Å². The topological polar surface area (TPSA) is 69.4 Å². The van der Waals surface area contributed by atoms with Gasteiger partial charge in [0.2, 0.25) is 5.78 Å². The maximum absolute atomic E-state index is 12.4. The van der Waals surface area contributed by atoms with Crippen LogP contribution in [0.1, 0.15) is 15.9 Å². The molecule has 1 heterocycles. The number of para-hydroxylation sites is 1. The van der Waals surface area contributed by atoms with E-state index in [1.54, 1.807) is 48.5 Å².